The normalized spacial score (nSPS) is 27.6. The molecule has 3 atom stereocenters. The number of benzene rings is 1. The minimum absolute atomic E-state index is 0.168. The summed E-state index contributed by atoms with van der Waals surface area (Å²) in [7, 11) is 0. The number of aliphatic hydroxyl groups is 1. The van der Waals surface area contributed by atoms with E-state index in [0.717, 1.165) is 19.4 Å². The number of hydrogen-bond acceptors (Lipinski definition) is 2. The second-order valence-corrected chi connectivity index (χ2v) is 4.62. The van der Waals surface area contributed by atoms with E-state index in [0.29, 0.717) is 11.8 Å². The van der Waals surface area contributed by atoms with Gasteiger partial charge in [-0.2, -0.15) is 0 Å². The summed E-state index contributed by atoms with van der Waals surface area (Å²) in [6, 6.07) is 10.4. The van der Waals surface area contributed by atoms with Gasteiger partial charge in [0.25, 0.3) is 0 Å². The summed E-state index contributed by atoms with van der Waals surface area (Å²) >= 11 is 0. The van der Waals surface area contributed by atoms with Crippen molar-refractivity contribution in [3.8, 4) is 0 Å². The minimum atomic E-state index is 0.168. The zero-order valence-corrected chi connectivity index (χ0v) is 9.80. The maximum absolute atomic E-state index is 9.38. The van der Waals surface area contributed by atoms with Gasteiger partial charge in [0.2, 0.25) is 0 Å². The molecule has 0 amide bonds. The Bertz CT molecular complexity index is 310. The van der Waals surface area contributed by atoms with Crippen molar-refractivity contribution in [2.75, 3.05) is 13.2 Å². The number of aliphatic hydroxyl groups excluding tert-OH is 1. The Balaban J connectivity index is 2.10. The minimum Gasteiger partial charge on any atom is -0.396 e. The zero-order chi connectivity index (χ0) is 11.4. The van der Waals surface area contributed by atoms with Gasteiger partial charge in [0.15, 0.2) is 0 Å². The first-order valence-corrected chi connectivity index (χ1v) is 6.10. The second-order valence-electron chi connectivity index (χ2n) is 4.62. The van der Waals surface area contributed by atoms with Gasteiger partial charge in [0, 0.05) is 25.0 Å². The molecule has 1 N–H and O–H groups in total. The molecule has 0 saturated carbocycles. The van der Waals surface area contributed by atoms with E-state index >= 15 is 0 Å². The van der Waals surface area contributed by atoms with Crippen molar-refractivity contribution >= 4 is 0 Å². The Labute approximate surface area is 97.3 Å². The van der Waals surface area contributed by atoms with Crippen LogP contribution >= 0.6 is 0 Å². The summed E-state index contributed by atoms with van der Waals surface area (Å²) < 4.78 is 5.84. The molecule has 0 spiro atoms. The monoisotopic (exact) mass is 220 g/mol. The molecule has 1 aromatic rings. The summed E-state index contributed by atoms with van der Waals surface area (Å²) in [5, 5.41) is 9.38. The van der Waals surface area contributed by atoms with Crippen LogP contribution in [0.1, 0.15) is 31.2 Å². The van der Waals surface area contributed by atoms with Gasteiger partial charge in [-0.05, 0) is 18.4 Å². The van der Waals surface area contributed by atoms with E-state index < -0.39 is 0 Å². The van der Waals surface area contributed by atoms with Gasteiger partial charge in [0.05, 0.1) is 6.10 Å². The third kappa shape index (κ3) is 2.45. The largest absolute Gasteiger partial charge is 0.396 e. The molecule has 88 valence electrons. The van der Waals surface area contributed by atoms with Crippen molar-refractivity contribution in [2.24, 2.45) is 5.92 Å². The van der Waals surface area contributed by atoms with Crippen LogP contribution in [0.4, 0.5) is 0 Å². The average Bonchev–Trinajstić information content (AvgIpc) is 2.39. The standard InChI is InChI=1S/C14H20O2/c1-11(12-6-3-2-4-7-12)14-13(10-15)8-5-9-16-14/h2-4,6-7,11,13-15H,5,8-10H2,1H3. The van der Waals surface area contributed by atoms with E-state index in [1.54, 1.807) is 0 Å². The number of rotatable bonds is 3. The Morgan fingerprint density at radius 2 is 2.12 bits per heavy atom. The van der Waals surface area contributed by atoms with Gasteiger partial charge in [-0.15, -0.1) is 0 Å². The Hall–Kier alpha value is -0.860. The molecule has 3 unspecified atom stereocenters. The van der Waals surface area contributed by atoms with Gasteiger partial charge >= 0.3 is 0 Å². The molecule has 2 rings (SSSR count). The molecule has 0 aromatic heterocycles. The quantitative estimate of drug-likeness (QED) is 0.848. The van der Waals surface area contributed by atoms with E-state index in [1.165, 1.54) is 5.56 Å². The summed E-state index contributed by atoms with van der Waals surface area (Å²) in [6.07, 6.45) is 2.32. The van der Waals surface area contributed by atoms with Crippen LogP contribution in [0.5, 0.6) is 0 Å². The van der Waals surface area contributed by atoms with E-state index in [4.69, 9.17) is 4.74 Å². The molecule has 16 heavy (non-hydrogen) atoms. The van der Waals surface area contributed by atoms with Crippen LogP contribution in [0.25, 0.3) is 0 Å². The summed E-state index contributed by atoms with van der Waals surface area (Å²) in [4.78, 5) is 0. The van der Waals surface area contributed by atoms with Gasteiger partial charge in [0.1, 0.15) is 0 Å². The zero-order valence-electron chi connectivity index (χ0n) is 9.80. The first-order valence-electron chi connectivity index (χ1n) is 6.10. The van der Waals surface area contributed by atoms with Gasteiger partial charge in [-0.1, -0.05) is 37.3 Å². The summed E-state index contributed by atoms with van der Waals surface area (Å²) in [6.45, 7) is 3.26. The molecule has 2 heteroatoms. The average molecular weight is 220 g/mol. The van der Waals surface area contributed by atoms with Crippen molar-refractivity contribution in [1.29, 1.82) is 0 Å². The molecule has 0 radical (unpaired) electrons. The SMILES string of the molecule is CC(c1ccccc1)C1OCCCC1CO. The van der Waals surface area contributed by atoms with E-state index in [-0.39, 0.29) is 12.7 Å². The molecule has 1 aliphatic heterocycles. The van der Waals surface area contributed by atoms with Crippen LogP contribution in [-0.2, 0) is 4.74 Å². The fourth-order valence-corrected chi connectivity index (χ4v) is 2.56. The van der Waals surface area contributed by atoms with Crippen LogP contribution in [0.3, 0.4) is 0 Å². The Morgan fingerprint density at radius 1 is 1.38 bits per heavy atom. The van der Waals surface area contributed by atoms with E-state index in [1.807, 2.05) is 6.07 Å². The molecule has 2 nitrogen and oxygen atoms in total. The maximum Gasteiger partial charge on any atom is 0.0690 e. The second kappa shape index (κ2) is 5.46. The molecule has 1 fully saturated rings. The molecule has 1 heterocycles. The van der Waals surface area contributed by atoms with Crippen molar-refractivity contribution in [3.05, 3.63) is 35.9 Å². The fourth-order valence-electron chi connectivity index (χ4n) is 2.56. The van der Waals surface area contributed by atoms with Gasteiger partial charge < -0.3 is 9.84 Å². The molecule has 1 aliphatic rings. The fraction of sp³-hybridized carbons (Fsp3) is 0.571. The van der Waals surface area contributed by atoms with Crippen LogP contribution in [-0.4, -0.2) is 24.4 Å². The molecule has 0 aliphatic carbocycles. The van der Waals surface area contributed by atoms with E-state index in [9.17, 15) is 5.11 Å². The molecular weight excluding hydrogens is 200 g/mol. The third-order valence-corrected chi connectivity index (χ3v) is 3.55. The summed E-state index contributed by atoms with van der Waals surface area (Å²) in [5.41, 5.74) is 1.30. The van der Waals surface area contributed by atoms with Crippen LogP contribution in [0.2, 0.25) is 0 Å². The van der Waals surface area contributed by atoms with Crippen molar-refractivity contribution < 1.29 is 9.84 Å². The smallest absolute Gasteiger partial charge is 0.0690 e. The molecule has 1 saturated heterocycles. The number of ether oxygens (including phenoxy) is 1. The topological polar surface area (TPSA) is 29.5 Å². The highest BCUT2D eigenvalue weighted by Crippen LogP contribution is 2.31. The lowest BCUT2D eigenvalue weighted by Crippen LogP contribution is -2.35. The highest BCUT2D eigenvalue weighted by Gasteiger charge is 2.30. The lowest BCUT2D eigenvalue weighted by molar-refractivity contribution is -0.0550. The molecular formula is C14H20O2. The first-order chi connectivity index (χ1) is 7.83. The van der Waals surface area contributed by atoms with Crippen LogP contribution in [0.15, 0.2) is 30.3 Å². The van der Waals surface area contributed by atoms with Gasteiger partial charge in [-0.25, -0.2) is 0 Å². The van der Waals surface area contributed by atoms with Gasteiger partial charge in [-0.3, -0.25) is 0 Å². The Kier molecular flexibility index (Phi) is 3.97. The number of hydrogen-bond donors (Lipinski definition) is 1. The van der Waals surface area contributed by atoms with Crippen molar-refractivity contribution in [3.63, 3.8) is 0 Å². The maximum atomic E-state index is 9.38. The predicted octanol–water partition coefficient (Wildman–Crippen LogP) is 2.58. The highest BCUT2D eigenvalue weighted by atomic mass is 16.5. The summed E-state index contributed by atoms with van der Waals surface area (Å²) in [5.74, 6) is 0.655. The van der Waals surface area contributed by atoms with Crippen molar-refractivity contribution in [1.82, 2.24) is 0 Å². The third-order valence-electron chi connectivity index (χ3n) is 3.55. The van der Waals surface area contributed by atoms with E-state index in [2.05, 4.69) is 31.2 Å². The first kappa shape index (κ1) is 11.6. The highest BCUT2D eigenvalue weighted by molar-refractivity contribution is 5.20. The molecule has 1 aromatic carbocycles. The Morgan fingerprint density at radius 3 is 2.81 bits per heavy atom. The lowest BCUT2D eigenvalue weighted by atomic mass is 9.83. The molecule has 0 bridgehead atoms. The van der Waals surface area contributed by atoms with Crippen molar-refractivity contribution in [2.45, 2.75) is 31.8 Å². The lowest BCUT2D eigenvalue weighted by Gasteiger charge is -2.35. The van der Waals surface area contributed by atoms with Crippen LogP contribution < -0.4 is 0 Å². The van der Waals surface area contributed by atoms with Crippen LogP contribution in [0, 0.1) is 5.92 Å². The predicted molar refractivity (Wildman–Crippen MR) is 64.4 cm³/mol.